The molecule has 0 N–H and O–H groups in total. The summed E-state index contributed by atoms with van der Waals surface area (Å²) in [5, 5.41) is 1.31. The Bertz CT molecular complexity index is 420. The van der Waals surface area contributed by atoms with Crippen LogP contribution in [0.1, 0.15) is 10.4 Å². The van der Waals surface area contributed by atoms with Crippen LogP contribution < -0.4 is 5.30 Å². The van der Waals surface area contributed by atoms with Crippen molar-refractivity contribution in [2.75, 3.05) is 0 Å². The lowest BCUT2D eigenvalue weighted by molar-refractivity contribution is 1.48. The maximum absolute atomic E-state index is 2.78. The van der Waals surface area contributed by atoms with E-state index in [1.165, 1.54) is 26.2 Å². The first-order valence-corrected chi connectivity index (χ1v) is 5.99. The predicted octanol–water partition coefficient (Wildman–Crippen LogP) is 3.53. The molecule has 0 bridgehead atoms. The third-order valence-corrected chi connectivity index (χ3v) is 4.22. The summed E-state index contributed by atoms with van der Waals surface area (Å²) in [6, 6.07) is 10.9. The largest absolute Gasteiger partial charge is 0.140 e. The molecule has 0 amide bonds. The highest BCUT2D eigenvalue weighted by Crippen LogP contribution is 2.27. The summed E-state index contributed by atoms with van der Waals surface area (Å²) < 4.78 is 0. The normalized spacial score (nSPS) is 10.5. The van der Waals surface area contributed by atoms with Gasteiger partial charge >= 0.3 is 0 Å². The van der Waals surface area contributed by atoms with E-state index in [4.69, 9.17) is 0 Å². The number of hydrogen-bond donors (Lipinski definition) is 0. The first kappa shape index (κ1) is 9.89. The van der Waals surface area contributed by atoms with Gasteiger partial charge in [0.05, 0.1) is 0 Å². The smallest absolute Gasteiger partial charge is 0.0351 e. The number of thiophene rings is 1. The van der Waals surface area contributed by atoms with Crippen LogP contribution in [0.15, 0.2) is 30.3 Å². The van der Waals surface area contributed by atoms with Gasteiger partial charge in [0.15, 0.2) is 0 Å². The summed E-state index contributed by atoms with van der Waals surface area (Å²) in [7, 11) is 2.78. The van der Waals surface area contributed by atoms with Gasteiger partial charge in [-0.25, -0.2) is 0 Å². The summed E-state index contributed by atoms with van der Waals surface area (Å²) >= 11 is 1.85. The van der Waals surface area contributed by atoms with Crippen molar-refractivity contribution in [1.82, 2.24) is 0 Å². The molecule has 1 aromatic carbocycles. The zero-order valence-electron chi connectivity index (χ0n) is 8.37. The molecule has 0 aliphatic carbocycles. The maximum Gasteiger partial charge on any atom is 0.0351 e. The molecule has 0 saturated heterocycles. The Labute approximate surface area is 91.2 Å². The number of hydrogen-bond acceptors (Lipinski definition) is 1. The van der Waals surface area contributed by atoms with Crippen molar-refractivity contribution >= 4 is 25.9 Å². The van der Waals surface area contributed by atoms with Crippen LogP contribution >= 0.6 is 20.6 Å². The van der Waals surface area contributed by atoms with E-state index in [0.29, 0.717) is 0 Å². The molecule has 2 aromatic rings. The highest BCUT2D eigenvalue weighted by Gasteiger charge is 2.03. The molecule has 0 saturated carbocycles. The molecule has 1 atom stereocenters. The molecular weight excluding hydrogens is 207 g/mol. The first-order chi connectivity index (χ1) is 6.66. The number of rotatable bonds is 1. The Hall–Kier alpha value is -0.650. The molecular formula is C12H13PS. The van der Waals surface area contributed by atoms with E-state index in [-0.39, 0.29) is 0 Å². The summed E-state index contributed by atoms with van der Waals surface area (Å²) in [4.78, 5) is 2.73. The fourth-order valence-electron chi connectivity index (χ4n) is 1.36. The van der Waals surface area contributed by atoms with Crippen LogP contribution in [0.3, 0.4) is 0 Å². The van der Waals surface area contributed by atoms with Crippen LogP contribution in [0.25, 0.3) is 10.4 Å². The van der Waals surface area contributed by atoms with Crippen molar-refractivity contribution in [3.05, 3.63) is 40.8 Å². The molecule has 0 spiro atoms. The molecule has 72 valence electrons. The van der Waals surface area contributed by atoms with Crippen LogP contribution in [0.5, 0.6) is 0 Å². The van der Waals surface area contributed by atoms with Crippen molar-refractivity contribution in [3.63, 3.8) is 0 Å². The average molecular weight is 220 g/mol. The highest BCUT2D eigenvalue weighted by atomic mass is 32.1. The van der Waals surface area contributed by atoms with Gasteiger partial charge in [0, 0.05) is 9.75 Å². The molecule has 1 aromatic heterocycles. The molecule has 2 rings (SSSR count). The maximum atomic E-state index is 2.78. The van der Waals surface area contributed by atoms with Gasteiger partial charge in [-0.3, -0.25) is 0 Å². The number of benzene rings is 1. The van der Waals surface area contributed by atoms with Gasteiger partial charge in [-0.1, -0.05) is 29.8 Å². The molecule has 2 heteroatoms. The van der Waals surface area contributed by atoms with Gasteiger partial charge in [-0.2, -0.15) is 0 Å². The average Bonchev–Trinajstić information content (AvgIpc) is 2.48. The third-order valence-electron chi connectivity index (χ3n) is 2.29. The minimum atomic E-state index is 1.31. The minimum Gasteiger partial charge on any atom is -0.140 e. The van der Waals surface area contributed by atoms with Gasteiger partial charge in [0.1, 0.15) is 0 Å². The Morgan fingerprint density at radius 2 is 1.71 bits per heavy atom. The van der Waals surface area contributed by atoms with E-state index in [1.807, 2.05) is 11.3 Å². The predicted molar refractivity (Wildman–Crippen MR) is 68.6 cm³/mol. The van der Waals surface area contributed by atoms with E-state index in [0.717, 1.165) is 0 Å². The lowest BCUT2D eigenvalue weighted by atomic mass is 10.1. The molecule has 0 fully saturated rings. The topological polar surface area (TPSA) is 0 Å². The fourth-order valence-corrected chi connectivity index (χ4v) is 2.77. The molecule has 1 unspecified atom stereocenters. The van der Waals surface area contributed by atoms with Gasteiger partial charge in [-0.05, 0) is 30.8 Å². The summed E-state index contributed by atoms with van der Waals surface area (Å²) in [5.41, 5.74) is 2.63. The Balaban J connectivity index is 2.44. The molecule has 0 radical (unpaired) electrons. The van der Waals surface area contributed by atoms with Crippen LogP contribution in [0, 0.1) is 13.8 Å². The molecule has 0 nitrogen and oxygen atoms in total. The van der Waals surface area contributed by atoms with Gasteiger partial charge in [0.25, 0.3) is 0 Å². The zero-order chi connectivity index (χ0) is 10.1. The summed E-state index contributed by atoms with van der Waals surface area (Å²) in [6.45, 7) is 4.27. The van der Waals surface area contributed by atoms with Crippen molar-refractivity contribution in [3.8, 4) is 10.4 Å². The van der Waals surface area contributed by atoms with E-state index >= 15 is 0 Å². The fraction of sp³-hybridized carbons (Fsp3) is 0.167. The molecule has 1 heterocycles. The quantitative estimate of drug-likeness (QED) is 0.645. The zero-order valence-corrected chi connectivity index (χ0v) is 10.3. The molecule has 0 aliphatic heterocycles. The van der Waals surface area contributed by atoms with Crippen LogP contribution in [-0.2, 0) is 0 Å². The van der Waals surface area contributed by atoms with Crippen molar-refractivity contribution in [2.24, 2.45) is 0 Å². The van der Waals surface area contributed by atoms with Gasteiger partial charge in [0.2, 0.25) is 0 Å². The van der Waals surface area contributed by atoms with Gasteiger partial charge < -0.3 is 0 Å². The second-order valence-electron chi connectivity index (χ2n) is 3.49. The second-order valence-corrected chi connectivity index (χ2v) is 5.37. The third kappa shape index (κ3) is 1.89. The Kier molecular flexibility index (Phi) is 2.71. The lowest BCUT2D eigenvalue weighted by Gasteiger charge is -1.97. The van der Waals surface area contributed by atoms with E-state index in [1.54, 1.807) is 0 Å². The van der Waals surface area contributed by atoms with E-state index < -0.39 is 0 Å². The lowest BCUT2D eigenvalue weighted by Crippen LogP contribution is -1.84. The molecule has 14 heavy (non-hydrogen) atoms. The molecule has 0 aliphatic rings. The highest BCUT2D eigenvalue weighted by molar-refractivity contribution is 7.30. The minimum absolute atomic E-state index is 1.31. The second kappa shape index (κ2) is 3.84. The van der Waals surface area contributed by atoms with Crippen molar-refractivity contribution in [2.45, 2.75) is 13.8 Å². The first-order valence-electron chi connectivity index (χ1n) is 4.60. The van der Waals surface area contributed by atoms with E-state index in [2.05, 4.69) is 53.4 Å². The van der Waals surface area contributed by atoms with Gasteiger partial charge in [-0.15, -0.1) is 20.6 Å². The number of aryl methyl sites for hydroxylation is 2. The monoisotopic (exact) mass is 220 g/mol. The summed E-state index contributed by atoms with van der Waals surface area (Å²) in [5.74, 6) is 0. The SMILES string of the molecule is Cc1ccc(-c2cc(P)c(C)s2)cc1. The standard InChI is InChI=1S/C12H13PS/c1-8-3-5-10(6-4-8)12-7-11(13)9(2)14-12/h3-7H,13H2,1-2H3. The van der Waals surface area contributed by atoms with Crippen molar-refractivity contribution < 1.29 is 0 Å². The Morgan fingerprint density at radius 1 is 1.07 bits per heavy atom. The van der Waals surface area contributed by atoms with Crippen LogP contribution in [0.4, 0.5) is 0 Å². The summed E-state index contributed by atoms with van der Waals surface area (Å²) in [6.07, 6.45) is 0. The van der Waals surface area contributed by atoms with Crippen LogP contribution in [-0.4, -0.2) is 0 Å². The van der Waals surface area contributed by atoms with E-state index in [9.17, 15) is 0 Å². The Morgan fingerprint density at radius 3 is 2.21 bits per heavy atom. The van der Waals surface area contributed by atoms with Crippen molar-refractivity contribution in [1.29, 1.82) is 0 Å². The van der Waals surface area contributed by atoms with Crippen LogP contribution in [0.2, 0.25) is 0 Å².